The summed E-state index contributed by atoms with van der Waals surface area (Å²) in [6.07, 6.45) is 2.75. The van der Waals surface area contributed by atoms with Gasteiger partial charge < -0.3 is 14.2 Å². The van der Waals surface area contributed by atoms with Crippen LogP contribution in [0.4, 0.5) is 0 Å². The molecule has 0 saturated heterocycles. The van der Waals surface area contributed by atoms with E-state index < -0.39 is 0 Å². The zero-order chi connectivity index (χ0) is 21.1. The molecule has 0 bridgehead atoms. The molecule has 0 radical (unpaired) electrons. The van der Waals surface area contributed by atoms with E-state index >= 15 is 0 Å². The molecule has 0 atom stereocenters. The number of fused-ring (bicyclic) bond motifs is 1. The van der Waals surface area contributed by atoms with Crippen molar-refractivity contribution in [3.63, 3.8) is 0 Å². The molecule has 0 aliphatic rings. The lowest BCUT2D eigenvalue weighted by molar-refractivity contribution is 0.317. The number of aromatic nitrogens is 3. The Kier molecular flexibility index (Phi) is 5.67. The van der Waals surface area contributed by atoms with Gasteiger partial charge in [-0.15, -0.1) is 5.10 Å². The Morgan fingerprint density at radius 3 is 2.50 bits per heavy atom. The lowest BCUT2D eigenvalue weighted by atomic mass is 10.2. The molecule has 0 aliphatic carbocycles. The minimum absolute atomic E-state index is 0.202. The lowest BCUT2D eigenvalue weighted by Gasteiger charge is -2.07. The van der Waals surface area contributed by atoms with Crippen LogP contribution in [0.15, 0.2) is 47.3 Å². The molecule has 0 spiro atoms. The highest BCUT2D eigenvalue weighted by Crippen LogP contribution is 2.27. The normalized spacial score (nSPS) is 11.8. The van der Waals surface area contributed by atoms with Crippen LogP contribution in [0.25, 0.3) is 22.4 Å². The monoisotopic (exact) mass is 423 g/mol. The minimum Gasteiger partial charge on any atom is -0.494 e. The van der Waals surface area contributed by atoms with Gasteiger partial charge in [-0.25, -0.2) is 0 Å². The highest BCUT2D eigenvalue weighted by Gasteiger charge is 2.12. The van der Waals surface area contributed by atoms with Crippen LogP contribution < -0.4 is 24.3 Å². The first-order valence-electron chi connectivity index (χ1n) is 9.49. The van der Waals surface area contributed by atoms with Gasteiger partial charge in [-0.05, 0) is 54.5 Å². The van der Waals surface area contributed by atoms with Gasteiger partial charge in [0.1, 0.15) is 5.75 Å². The third kappa shape index (κ3) is 3.86. The fourth-order valence-corrected chi connectivity index (χ4v) is 3.88. The second-order valence-electron chi connectivity index (χ2n) is 6.53. The van der Waals surface area contributed by atoms with Gasteiger partial charge in [-0.2, -0.15) is 9.50 Å². The van der Waals surface area contributed by atoms with Crippen LogP contribution in [0.3, 0.4) is 0 Å². The smallest absolute Gasteiger partial charge is 0.291 e. The molecular weight excluding hydrogens is 402 g/mol. The van der Waals surface area contributed by atoms with E-state index in [1.54, 1.807) is 26.4 Å². The summed E-state index contributed by atoms with van der Waals surface area (Å²) in [5, 5.41) is 4.40. The van der Waals surface area contributed by atoms with Crippen molar-refractivity contribution in [3.05, 3.63) is 62.9 Å². The van der Waals surface area contributed by atoms with E-state index in [-0.39, 0.29) is 5.56 Å². The topological polar surface area (TPSA) is 75.0 Å². The van der Waals surface area contributed by atoms with Gasteiger partial charge >= 0.3 is 0 Å². The zero-order valence-corrected chi connectivity index (χ0v) is 17.7. The highest BCUT2D eigenvalue weighted by atomic mass is 32.1. The van der Waals surface area contributed by atoms with Gasteiger partial charge in [-0.3, -0.25) is 4.79 Å². The van der Waals surface area contributed by atoms with Crippen LogP contribution in [0.5, 0.6) is 17.2 Å². The average Bonchev–Trinajstić information content (AvgIpc) is 3.32. The van der Waals surface area contributed by atoms with Gasteiger partial charge in [-0.1, -0.05) is 24.3 Å². The SMILES string of the molecule is CCCOc1ccc(-c2nc3s/c(=C/c4ccc(OC)c(OC)c4)c(=O)n3n2)cc1. The number of nitrogens with zero attached hydrogens (tertiary/aromatic N) is 3. The second kappa shape index (κ2) is 8.54. The highest BCUT2D eigenvalue weighted by molar-refractivity contribution is 7.15. The molecular formula is C22H21N3O4S. The van der Waals surface area contributed by atoms with Crippen LogP contribution in [-0.2, 0) is 0 Å². The van der Waals surface area contributed by atoms with E-state index in [2.05, 4.69) is 17.0 Å². The fourth-order valence-electron chi connectivity index (χ4n) is 2.97. The third-order valence-corrected chi connectivity index (χ3v) is 5.43. The van der Waals surface area contributed by atoms with Gasteiger partial charge in [0.25, 0.3) is 5.56 Å². The molecule has 2 aromatic heterocycles. The van der Waals surface area contributed by atoms with Crippen LogP contribution in [0.1, 0.15) is 18.9 Å². The number of benzene rings is 2. The molecule has 0 amide bonds. The Balaban J connectivity index is 1.66. The van der Waals surface area contributed by atoms with Crippen molar-refractivity contribution in [2.24, 2.45) is 0 Å². The molecule has 4 rings (SSSR count). The maximum Gasteiger partial charge on any atom is 0.291 e. The molecule has 0 saturated carbocycles. The fraction of sp³-hybridized carbons (Fsp3) is 0.227. The molecule has 0 fully saturated rings. The van der Waals surface area contributed by atoms with Crippen LogP contribution in [0.2, 0.25) is 0 Å². The molecule has 30 heavy (non-hydrogen) atoms. The van der Waals surface area contributed by atoms with Crippen molar-refractivity contribution >= 4 is 22.4 Å². The van der Waals surface area contributed by atoms with Crippen molar-refractivity contribution in [3.8, 4) is 28.6 Å². The van der Waals surface area contributed by atoms with E-state index in [1.807, 2.05) is 36.4 Å². The Bertz CT molecular complexity index is 1280. The van der Waals surface area contributed by atoms with Crippen molar-refractivity contribution in [1.82, 2.24) is 14.6 Å². The Labute approximate surface area is 177 Å². The van der Waals surface area contributed by atoms with E-state index in [0.717, 1.165) is 23.3 Å². The molecule has 154 valence electrons. The number of hydrogen-bond acceptors (Lipinski definition) is 7. The Morgan fingerprint density at radius 2 is 1.83 bits per heavy atom. The van der Waals surface area contributed by atoms with Crippen molar-refractivity contribution in [1.29, 1.82) is 0 Å². The van der Waals surface area contributed by atoms with Crippen LogP contribution in [0, 0.1) is 0 Å². The molecule has 0 N–H and O–H groups in total. The largest absolute Gasteiger partial charge is 0.494 e. The van der Waals surface area contributed by atoms with Gasteiger partial charge in [0.15, 0.2) is 17.3 Å². The van der Waals surface area contributed by atoms with Gasteiger partial charge in [0.05, 0.1) is 25.4 Å². The zero-order valence-electron chi connectivity index (χ0n) is 16.9. The van der Waals surface area contributed by atoms with Crippen molar-refractivity contribution in [2.45, 2.75) is 13.3 Å². The van der Waals surface area contributed by atoms with Crippen molar-refractivity contribution in [2.75, 3.05) is 20.8 Å². The Hall–Kier alpha value is -3.39. The summed E-state index contributed by atoms with van der Waals surface area (Å²) < 4.78 is 18.1. The van der Waals surface area contributed by atoms with E-state index in [1.165, 1.54) is 15.9 Å². The summed E-state index contributed by atoms with van der Waals surface area (Å²) in [6.45, 7) is 2.74. The first-order chi connectivity index (χ1) is 14.6. The number of rotatable bonds is 7. The number of ether oxygens (including phenoxy) is 3. The maximum atomic E-state index is 12.8. The van der Waals surface area contributed by atoms with Crippen LogP contribution in [-0.4, -0.2) is 35.4 Å². The summed E-state index contributed by atoms with van der Waals surface area (Å²) in [5.41, 5.74) is 1.46. The summed E-state index contributed by atoms with van der Waals surface area (Å²) in [6, 6.07) is 13.0. The van der Waals surface area contributed by atoms with Gasteiger partial charge in [0.2, 0.25) is 4.96 Å². The number of thiazole rings is 1. The predicted octanol–water partition coefficient (Wildman–Crippen LogP) is 3.17. The first-order valence-corrected chi connectivity index (χ1v) is 10.3. The summed E-state index contributed by atoms with van der Waals surface area (Å²) in [4.78, 5) is 17.9. The van der Waals surface area contributed by atoms with E-state index in [0.29, 0.717) is 33.4 Å². The molecule has 4 aromatic rings. The Morgan fingerprint density at radius 1 is 1.07 bits per heavy atom. The molecule has 0 unspecified atom stereocenters. The molecule has 2 heterocycles. The van der Waals surface area contributed by atoms with E-state index in [9.17, 15) is 4.79 Å². The standard InChI is InChI=1S/C22H21N3O4S/c1-4-11-29-16-8-6-15(7-9-16)20-23-22-25(24-20)21(26)19(30-22)13-14-5-10-17(27-2)18(12-14)28-3/h5-10,12-13H,4,11H2,1-3H3/b19-13+. The minimum atomic E-state index is -0.202. The third-order valence-electron chi connectivity index (χ3n) is 4.47. The van der Waals surface area contributed by atoms with Crippen LogP contribution >= 0.6 is 11.3 Å². The second-order valence-corrected chi connectivity index (χ2v) is 7.54. The quantitative estimate of drug-likeness (QED) is 0.455. The van der Waals surface area contributed by atoms with E-state index in [4.69, 9.17) is 14.2 Å². The molecule has 0 aliphatic heterocycles. The van der Waals surface area contributed by atoms with Crippen molar-refractivity contribution < 1.29 is 14.2 Å². The molecule has 8 heteroatoms. The number of hydrogen-bond donors (Lipinski definition) is 0. The summed E-state index contributed by atoms with van der Waals surface area (Å²) >= 11 is 1.30. The molecule has 2 aromatic carbocycles. The lowest BCUT2D eigenvalue weighted by Crippen LogP contribution is -2.23. The average molecular weight is 423 g/mol. The summed E-state index contributed by atoms with van der Waals surface area (Å²) in [7, 11) is 3.16. The van der Waals surface area contributed by atoms with Gasteiger partial charge in [0, 0.05) is 5.56 Å². The predicted molar refractivity (Wildman–Crippen MR) is 117 cm³/mol. The first kappa shape index (κ1) is 19.9. The molecule has 7 nitrogen and oxygen atoms in total. The summed E-state index contributed by atoms with van der Waals surface area (Å²) in [5.74, 6) is 2.55. The number of methoxy groups -OCH3 is 2. The maximum absolute atomic E-state index is 12.8.